The third kappa shape index (κ3) is 4.49. The molecule has 1 atom stereocenters. The number of benzene rings is 1. The van der Waals surface area contributed by atoms with E-state index in [2.05, 4.69) is 19.2 Å². The quantitative estimate of drug-likeness (QED) is 0.730. The highest BCUT2D eigenvalue weighted by molar-refractivity contribution is 7.17. The number of carbonyl (C=O) groups is 1. The Labute approximate surface area is 159 Å². The van der Waals surface area contributed by atoms with Gasteiger partial charge in [-0.3, -0.25) is 4.79 Å². The van der Waals surface area contributed by atoms with Crippen LogP contribution in [0.2, 0.25) is 0 Å². The van der Waals surface area contributed by atoms with Crippen LogP contribution in [0.3, 0.4) is 0 Å². The van der Waals surface area contributed by atoms with Crippen LogP contribution in [0.5, 0.6) is 17.2 Å². The average Bonchev–Trinajstić information content (AvgIpc) is 3.09. The molecule has 0 fully saturated rings. The maximum Gasteiger partial charge on any atom is 0.261 e. The van der Waals surface area contributed by atoms with Crippen LogP contribution in [-0.4, -0.2) is 33.3 Å². The van der Waals surface area contributed by atoms with E-state index in [1.807, 2.05) is 31.2 Å². The van der Waals surface area contributed by atoms with E-state index in [4.69, 9.17) is 14.2 Å². The average molecular weight is 378 g/mol. The van der Waals surface area contributed by atoms with Crippen LogP contribution in [0.4, 0.5) is 0 Å². The topological polar surface area (TPSA) is 56.8 Å². The van der Waals surface area contributed by atoms with Crippen LogP contribution < -0.4 is 19.5 Å². The molecule has 26 heavy (non-hydrogen) atoms. The first-order chi connectivity index (χ1) is 12.4. The summed E-state index contributed by atoms with van der Waals surface area (Å²) in [6, 6.07) is 7.66. The summed E-state index contributed by atoms with van der Waals surface area (Å²) >= 11 is 1.43. The minimum absolute atomic E-state index is 0.0474. The van der Waals surface area contributed by atoms with Crippen LogP contribution >= 0.6 is 11.3 Å². The molecule has 1 heterocycles. The molecule has 1 aromatic heterocycles. The van der Waals surface area contributed by atoms with Crippen molar-refractivity contribution in [1.29, 1.82) is 0 Å². The highest BCUT2D eigenvalue weighted by atomic mass is 32.1. The van der Waals surface area contributed by atoms with E-state index in [9.17, 15) is 4.79 Å². The Hall–Kier alpha value is -2.21. The lowest BCUT2D eigenvalue weighted by Crippen LogP contribution is -2.32. The van der Waals surface area contributed by atoms with Gasteiger partial charge in [0.2, 0.25) is 5.75 Å². The standard InChI is InChI=1S/C20H27NO4S/c1-12(2)11-13(3)21-20(22)17-10-9-16(26-17)14-7-8-15(23-4)19(25-6)18(14)24-5/h7-10,12-13H,11H2,1-6H3,(H,21,22)/t13-/m0/s1. The van der Waals surface area contributed by atoms with E-state index in [0.717, 1.165) is 16.9 Å². The third-order valence-corrected chi connectivity index (χ3v) is 5.12. The minimum atomic E-state index is -0.0474. The molecule has 5 nitrogen and oxygen atoms in total. The van der Waals surface area contributed by atoms with Gasteiger partial charge >= 0.3 is 0 Å². The molecular formula is C20H27NO4S. The summed E-state index contributed by atoms with van der Waals surface area (Å²) in [6.07, 6.45) is 0.952. The number of rotatable bonds is 8. The molecule has 1 amide bonds. The van der Waals surface area contributed by atoms with Crippen molar-refractivity contribution >= 4 is 17.2 Å². The number of carbonyl (C=O) groups excluding carboxylic acids is 1. The molecule has 2 aromatic rings. The fourth-order valence-corrected chi connectivity index (χ4v) is 3.89. The number of amides is 1. The van der Waals surface area contributed by atoms with Gasteiger partial charge in [-0.25, -0.2) is 0 Å². The largest absolute Gasteiger partial charge is 0.493 e. The number of methoxy groups -OCH3 is 3. The van der Waals surface area contributed by atoms with Gasteiger partial charge in [0, 0.05) is 16.5 Å². The SMILES string of the molecule is COc1ccc(-c2ccc(C(=O)N[C@@H](C)CC(C)C)s2)c(OC)c1OC. The molecule has 2 rings (SSSR count). The third-order valence-electron chi connectivity index (χ3n) is 4.00. The van der Waals surface area contributed by atoms with Crippen molar-refractivity contribution < 1.29 is 19.0 Å². The van der Waals surface area contributed by atoms with Gasteiger partial charge in [-0.1, -0.05) is 13.8 Å². The van der Waals surface area contributed by atoms with Gasteiger partial charge in [-0.2, -0.15) is 0 Å². The van der Waals surface area contributed by atoms with Gasteiger partial charge in [0.1, 0.15) is 0 Å². The Morgan fingerprint density at radius 1 is 1.00 bits per heavy atom. The first-order valence-corrected chi connectivity index (χ1v) is 9.42. The molecule has 0 radical (unpaired) electrons. The van der Waals surface area contributed by atoms with E-state index >= 15 is 0 Å². The van der Waals surface area contributed by atoms with Crippen molar-refractivity contribution in [3.63, 3.8) is 0 Å². The smallest absolute Gasteiger partial charge is 0.261 e. The Kier molecular flexibility index (Phi) is 6.91. The summed E-state index contributed by atoms with van der Waals surface area (Å²) in [6.45, 7) is 6.33. The van der Waals surface area contributed by atoms with E-state index in [1.54, 1.807) is 21.3 Å². The molecule has 0 saturated carbocycles. The number of hydrogen-bond donors (Lipinski definition) is 1. The van der Waals surface area contributed by atoms with E-state index in [-0.39, 0.29) is 11.9 Å². The second kappa shape index (κ2) is 8.94. The molecule has 142 valence electrons. The number of hydrogen-bond acceptors (Lipinski definition) is 5. The summed E-state index contributed by atoms with van der Waals surface area (Å²) < 4.78 is 16.3. The number of thiophene rings is 1. The van der Waals surface area contributed by atoms with Gasteiger partial charge in [-0.05, 0) is 43.5 Å². The highest BCUT2D eigenvalue weighted by Crippen LogP contribution is 2.45. The van der Waals surface area contributed by atoms with Crippen molar-refractivity contribution in [3.05, 3.63) is 29.1 Å². The molecular weight excluding hydrogens is 350 g/mol. The summed E-state index contributed by atoms with van der Waals surface area (Å²) in [4.78, 5) is 14.1. The van der Waals surface area contributed by atoms with Crippen molar-refractivity contribution in [1.82, 2.24) is 5.32 Å². The zero-order valence-corrected chi connectivity index (χ0v) is 17.0. The van der Waals surface area contributed by atoms with E-state index in [1.165, 1.54) is 11.3 Å². The summed E-state index contributed by atoms with van der Waals surface area (Å²) in [5.41, 5.74) is 0.865. The number of nitrogens with one attached hydrogen (secondary N) is 1. The normalized spacial score (nSPS) is 12.0. The highest BCUT2D eigenvalue weighted by Gasteiger charge is 2.20. The van der Waals surface area contributed by atoms with Crippen molar-refractivity contribution in [2.24, 2.45) is 5.92 Å². The zero-order chi connectivity index (χ0) is 19.3. The van der Waals surface area contributed by atoms with Gasteiger partial charge in [0.25, 0.3) is 5.91 Å². The second-order valence-electron chi connectivity index (χ2n) is 6.55. The van der Waals surface area contributed by atoms with Gasteiger partial charge in [0.15, 0.2) is 11.5 Å². The maximum absolute atomic E-state index is 12.5. The second-order valence-corrected chi connectivity index (χ2v) is 7.63. The Morgan fingerprint density at radius 2 is 1.69 bits per heavy atom. The van der Waals surface area contributed by atoms with E-state index in [0.29, 0.717) is 28.0 Å². The molecule has 0 aliphatic heterocycles. The first-order valence-electron chi connectivity index (χ1n) is 8.61. The predicted octanol–water partition coefficient (Wildman–Crippen LogP) is 4.61. The van der Waals surface area contributed by atoms with Crippen molar-refractivity contribution in [2.75, 3.05) is 21.3 Å². The lowest BCUT2D eigenvalue weighted by Gasteiger charge is -2.15. The fourth-order valence-electron chi connectivity index (χ4n) is 2.96. The molecule has 1 N–H and O–H groups in total. The molecule has 0 aliphatic rings. The lowest BCUT2D eigenvalue weighted by atomic mass is 10.1. The predicted molar refractivity (Wildman–Crippen MR) is 106 cm³/mol. The molecule has 0 bridgehead atoms. The summed E-state index contributed by atoms with van der Waals surface area (Å²) in [5, 5.41) is 3.06. The first kappa shape index (κ1) is 20.1. The van der Waals surface area contributed by atoms with Gasteiger partial charge in [-0.15, -0.1) is 11.3 Å². The Bertz CT molecular complexity index is 754. The van der Waals surface area contributed by atoms with Crippen LogP contribution in [0.25, 0.3) is 10.4 Å². The molecule has 0 spiro atoms. The Balaban J connectivity index is 2.28. The Morgan fingerprint density at radius 3 is 2.27 bits per heavy atom. The minimum Gasteiger partial charge on any atom is -0.493 e. The van der Waals surface area contributed by atoms with E-state index < -0.39 is 0 Å². The van der Waals surface area contributed by atoms with Gasteiger partial charge < -0.3 is 19.5 Å². The van der Waals surface area contributed by atoms with Crippen molar-refractivity contribution in [3.8, 4) is 27.7 Å². The molecule has 1 aromatic carbocycles. The monoisotopic (exact) mass is 377 g/mol. The molecule has 0 saturated heterocycles. The molecule has 6 heteroatoms. The summed E-state index contributed by atoms with van der Waals surface area (Å²) in [7, 11) is 4.76. The van der Waals surface area contributed by atoms with Crippen molar-refractivity contribution in [2.45, 2.75) is 33.2 Å². The molecule has 0 unspecified atom stereocenters. The van der Waals surface area contributed by atoms with Gasteiger partial charge in [0.05, 0.1) is 26.2 Å². The zero-order valence-electron chi connectivity index (χ0n) is 16.2. The van der Waals surface area contributed by atoms with Crippen LogP contribution in [-0.2, 0) is 0 Å². The van der Waals surface area contributed by atoms with Crippen LogP contribution in [0.15, 0.2) is 24.3 Å². The fraction of sp³-hybridized carbons (Fsp3) is 0.450. The summed E-state index contributed by atoms with van der Waals surface area (Å²) in [5.74, 6) is 2.23. The maximum atomic E-state index is 12.5. The number of ether oxygens (including phenoxy) is 3. The lowest BCUT2D eigenvalue weighted by molar-refractivity contribution is 0.0940. The molecule has 0 aliphatic carbocycles. The van der Waals surface area contributed by atoms with Crippen LogP contribution in [0.1, 0.15) is 36.9 Å². The van der Waals surface area contributed by atoms with Crippen LogP contribution in [0, 0.1) is 5.92 Å².